The van der Waals surface area contributed by atoms with Crippen LogP contribution in [0.1, 0.15) is 31.7 Å². The summed E-state index contributed by atoms with van der Waals surface area (Å²) < 4.78 is 2.39. The van der Waals surface area contributed by atoms with Crippen LogP contribution in [0.2, 0.25) is 0 Å². The van der Waals surface area contributed by atoms with Crippen molar-refractivity contribution in [3.63, 3.8) is 0 Å². The maximum atomic E-state index is 4.58. The molecule has 1 saturated carbocycles. The number of fused-ring (bicyclic) bond motifs is 1. The van der Waals surface area contributed by atoms with Gasteiger partial charge in [0, 0.05) is 37.6 Å². The quantitative estimate of drug-likeness (QED) is 0.837. The number of piperidine rings is 1. The third-order valence-corrected chi connectivity index (χ3v) is 4.47. The first-order valence-corrected chi connectivity index (χ1v) is 6.93. The summed E-state index contributed by atoms with van der Waals surface area (Å²) >= 11 is 0. The summed E-state index contributed by atoms with van der Waals surface area (Å²) in [6.07, 6.45) is 9.51. The molecule has 3 fully saturated rings. The van der Waals surface area contributed by atoms with Crippen molar-refractivity contribution in [2.75, 3.05) is 24.5 Å². The zero-order valence-electron chi connectivity index (χ0n) is 10.2. The molecular formula is C13H20N4. The number of rotatable bonds is 2. The van der Waals surface area contributed by atoms with Gasteiger partial charge in [0.1, 0.15) is 0 Å². The monoisotopic (exact) mass is 232 g/mol. The minimum atomic E-state index is 0.702. The van der Waals surface area contributed by atoms with Gasteiger partial charge in [0.2, 0.25) is 5.95 Å². The first-order chi connectivity index (χ1) is 8.42. The van der Waals surface area contributed by atoms with E-state index < -0.39 is 0 Å². The highest BCUT2D eigenvalue weighted by Gasteiger charge is 2.37. The molecule has 2 aliphatic heterocycles. The summed E-state index contributed by atoms with van der Waals surface area (Å²) in [5.41, 5.74) is 0. The number of imidazole rings is 1. The van der Waals surface area contributed by atoms with Gasteiger partial charge in [0.05, 0.1) is 0 Å². The topological polar surface area (TPSA) is 33.1 Å². The lowest BCUT2D eigenvalue weighted by Crippen LogP contribution is -2.40. The van der Waals surface area contributed by atoms with E-state index >= 15 is 0 Å². The molecule has 2 atom stereocenters. The minimum absolute atomic E-state index is 0.702. The van der Waals surface area contributed by atoms with Gasteiger partial charge in [-0.1, -0.05) is 0 Å². The SMILES string of the molecule is c1cn(C2CC2)c(N2C[C@@H]3CCCN[C@@H]3C2)n1. The first kappa shape index (κ1) is 9.95. The van der Waals surface area contributed by atoms with Crippen molar-refractivity contribution in [2.24, 2.45) is 5.92 Å². The van der Waals surface area contributed by atoms with Gasteiger partial charge in [-0.15, -0.1) is 0 Å². The second kappa shape index (κ2) is 3.73. The Bertz CT molecular complexity index is 395. The maximum absolute atomic E-state index is 4.58. The highest BCUT2D eigenvalue weighted by Crippen LogP contribution is 2.39. The predicted molar refractivity (Wildman–Crippen MR) is 67.2 cm³/mol. The second-order valence-corrected chi connectivity index (χ2v) is 5.73. The van der Waals surface area contributed by atoms with E-state index in [1.165, 1.54) is 44.7 Å². The molecule has 0 radical (unpaired) electrons. The summed E-state index contributed by atoms with van der Waals surface area (Å²) in [7, 11) is 0. The molecule has 4 nitrogen and oxygen atoms in total. The highest BCUT2D eigenvalue weighted by molar-refractivity contribution is 5.36. The Morgan fingerprint density at radius 3 is 3.00 bits per heavy atom. The van der Waals surface area contributed by atoms with Gasteiger partial charge in [-0.3, -0.25) is 0 Å². The average molecular weight is 232 g/mol. The summed E-state index contributed by atoms with van der Waals surface area (Å²) in [4.78, 5) is 7.07. The molecule has 2 saturated heterocycles. The molecule has 1 aliphatic carbocycles. The molecule has 0 spiro atoms. The molecule has 3 aliphatic rings. The van der Waals surface area contributed by atoms with Crippen LogP contribution in [0.15, 0.2) is 12.4 Å². The van der Waals surface area contributed by atoms with Crippen LogP contribution in [0.3, 0.4) is 0 Å². The first-order valence-electron chi connectivity index (χ1n) is 6.93. The molecule has 0 aromatic carbocycles. The Labute approximate surface area is 102 Å². The molecule has 1 aromatic heterocycles. The van der Waals surface area contributed by atoms with E-state index in [2.05, 4.69) is 26.0 Å². The van der Waals surface area contributed by atoms with E-state index in [4.69, 9.17) is 0 Å². The van der Waals surface area contributed by atoms with E-state index in [0.29, 0.717) is 6.04 Å². The summed E-state index contributed by atoms with van der Waals surface area (Å²) in [6, 6.07) is 1.44. The van der Waals surface area contributed by atoms with Crippen LogP contribution in [0, 0.1) is 5.92 Å². The number of nitrogens with zero attached hydrogens (tertiary/aromatic N) is 3. The second-order valence-electron chi connectivity index (χ2n) is 5.73. The van der Waals surface area contributed by atoms with Crippen LogP contribution in [0.4, 0.5) is 5.95 Å². The molecule has 92 valence electrons. The van der Waals surface area contributed by atoms with E-state index in [1.54, 1.807) is 0 Å². The maximum Gasteiger partial charge on any atom is 0.205 e. The standard InChI is InChI=1S/C13H20N4/c1-2-10-8-16(9-12(10)14-5-1)13-15-6-7-17(13)11-3-4-11/h6-7,10-12,14H,1-5,8-9H2/t10-,12+/m0/s1. The van der Waals surface area contributed by atoms with Crippen LogP contribution < -0.4 is 10.2 Å². The Morgan fingerprint density at radius 1 is 1.24 bits per heavy atom. The fourth-order valence-corrected chi connectivity index (χ4v) is 3.40. The van der Waals surface area contributed by atoms with Gasteiger partial charge < -0.3 is 14.8 Å². The van der Waals surface area contributed by atoms with Crippen molar-refractivity contribution in [2.45, 2.75) is 37.8 Å². The lowest BCUT2D eigenvalue weighted by Gasteiger charge is -2.24. The van der Waals surface area contributed by atoms with Crippen molar-refractivity contribution < 1.29 is 0 Å². The molecule has 0 bridgehead atoms. The molecule has 4 rings (SSSR count). The third-order valence-electron chi connectivity index (χ3n) is 4.47. The van der Waals surface area contributed by atoms with Gasteiger partial charge in [0.25, 0.3) is 0 Å². The molecule has 4 heteroatoms. The van der Waals surface area contributed by atoms with Crippen molar-refractivity contribution in [1.29, 1.82) is 0 Å². The fraction of sp³-hybridized carbons (Fsp3) is 0.769. The van der Waals surface area contributed by atoms with Crippen LogP contribution >= 0.6 is 0 Å². The summed E-state index contributed by atoms with van der Waals surface area (Å²) in [5.74, 6) is 2.05. The largest absolute Gasteiger partial charge is 0.340 e. The number of anilines is 1. The molecule has 0 unspecified atom stereocenters. The zero-order valence-corrected chi connectivity index (χ0v) is 10.2. The minimum Gasteiger partial charge on any atom is -0.340 e. The van der Waals surface area contributed by atoms with Crippen LogP contribution in [-0.2, 0) is 0 Å². The van der Waals surface area contributed by atoms with Crippen molar-refractivity contribution in [3.05, 3.63) is 12.4 Å². The van der Waals surface area contributed by atoms with Crippen LogP contribution in [-0.4, -0.2) is 35.2 Å². The third kappa shape index (κ3) is 1.66. The molecule has 17 heavy (non-hydrogen) atoms. The smallest absolute Gasteiger partial charge is 0.205 e. The van der Waals surface area contributed by atoms with Gasteiger partial charge in [0.15, 0.2) is 0 Å². The van der Waals surface area contributed by atoms with Crippen molar-refractivity contribution in [3.8, 4) is 0 Å². The van der Waals surface area contributed by atoms with E-state index in [1.807, 2.05) is 6.20 Å². The normalized spacial score (nSPS) is 32.8. The molecule has 1 aromatic rings. The Kier molecular flexibility index (Phi) is 2.18. The molecular weight excluding hydrogens is 212 g/mol. The lowest BCUT2D eigenvalue weighted by molar-refractivity contribution is 0.340. The summed E-state index contributed by atoms with van der Waals surface area (Å²) in [5, 5.41) is 3.66. The number of hydrogen-bond donors (Lipinski definition) is 1. The number of nitrogens with one attached hydrogen (secondary N) is 1. The number of aromatic nitrogens is 2. The predicted octanol–water partition coefficient (Wildman–Crippen LogP) is 1.41. The van der Waals surface area contributed by atoms with Crippen molar-refractivity contribution in [1.82, 2.24) is 14.9 Å². The van der Waals surface area contributed by atoms with E-state index in [9.17, 15) is 0 Å². The molecule has 3 heterocycles. The number of hydrogen-bond acceptors (Lipinski definition) is 3. The average Bonchev–Trinajstić information content (AvgIpc) is 2.94. The van der Waals surface area contributed by atoms with Gasteiger partial charge in [-0.05, 0) is 38.1 Å². The Hall–Kier alpha value is -1.03. The van der Waals surface area contributed by atoms with Crippen LogP contribution in [0.25, 0.3) is 0 Å². The summed E-state index contributed by atoms with van der Waals surface area (Å²) in [6.45, 7) is 3.54. The van der Waals surface area contributed by atoms with Gasteiger partial charge in [-0.2, -0.15) is 0 Å². The fourth-order valence-electron chi connectivity index (χ4n) is 3.40. The highest BCUT2D eigenvalue weighted by atomic mass is 15.3. The van der Waals surface area contributed by atoms with E-state index in [-0.39, 0.29) is 0 Å². The van der Waals surface area contributed by atoms with Gasteiger partial charge in [-0.25, -0.2) is 4.98 Å². The van der Waals surface area contributed by atoms with Crippen molar-refractivity contribution >= 4 is 5.95 Å². The van der Waals surface area contributed by atoms with Gasteiger partial charge >= 0.3 is 0 Å². The zero-order chi connectivity index (χ0) is 11.2. The molecule has 0 amide bonds. The Balaban J connectivity index is 1.56. The van der Waals surface area contributed by atoms with E-state index in [0.717, 1.165) is 18.5 Å². The molecule has 1 N–H and O–H groups in total. The van der Waals surface area contributed by atoms with Crippen LogP contribution in [0.5, 0.6) is 0 Å². The Morgan fingerprint density at radius 2 is 2.18 bits per heavy atom. The lowest BCUT2D eigenvalue weighted by atomic mass is 9.94.